The standard InChI is InChI=1S/C18H24ClNO3/c19-15-6-2-7-16(12-15)23-13-18(22)8-3-10-20(11-9-18)17(21)14-4-1-5-14/h2,6-7,12,14,22H,1,3-5,8-11,13H2. The molecule has 23 heavy (non-hydrogen) atoms. The van der Waals surface area contributed by atoms with Gasteiger partial charge in [-0.25, -0.2) is 0 Å². The molecule has 1 aromatic rings. The van der Waals surface area contributed by atoms with E-state index in [1.165, 1.54) is 6.42 Å². The van der Waals surface area contributed by atoms with E-state index in [-0.39, 0.29) is 18.4 Å². The minimum absolute atomic E-state index is 0.226. The van der Waals surface area contributed by atoms with Crippen molar-refractivity contribution >= 4 is 17.5 Å². The summed E-state index contributed by atoms with van der Waals surface area (Å²) in [5, 5.41) is 11.4. The van der Waals surface area contributed by atoms with E-state index in [9.17, 15) is 9.90 Å². The van der Waals surface area contributed by atoms with E-state index in [1.807, 2.05) is 17.0 Å². The number of rotatable bonds is 4. The van der Waals surface area contributed by atoms with Crippen LogP contribution in [0.1, 0.15) is 38.5 Å². The van der Waals surface area contributed by atoms with Crippen molar-refractivity contribution in [3.8, 4) is 5.75 Å². The van der Waals surface area contributed by atoms with Crippen LogP contribution in [0.25, 0.3) is 0 Å². The van der Waals surface area contributed by atoms with Crippen LogP contribution in [0.4, 0.5) is 0 Å². The zero-order valence-corrected chi connectivity index (χ0v) is 14.1. The molecular weight excluding hydrogens is 314 g/mol. The summed E-state index contributed by atoms with van der Waals surface area (Å²) in [6.45, 7) is 1.60. The van der Waals surface area contributed by atoms with Gasteiger partial charge in [0.15, 0.2) is 0 Å². The highest BCUT2D eigenvalue weighted by molar-refractivity contribution is 6.30. The highest BCUT2D eigenvalue weighted by Crippen LogP contribution is 2.31. The van der Waals surface area contributed by atoms with Crippen LogP contribution in [0.15, 0.2) is 24.3 Å². The lowest BCUT2D eigenvalue weighted by molar-refractivity contribution is -0.138. The third-order valence-corrected chi connectivity index (χ3v) is 5.22. The quantitative estimate of drug-likeness (QED) is 0.917. The van der Waals surface area contributed by atoms with Crippen molar-refractivity contribution in [2.75, 3.05) is 19.7 Å². The molecule has 5 heteroatoms. The maximum absolute atomic E-state index is 12.4. The highest BCUT2D eigenvalue weighted by atomic mass is 35.5. The van der Waals surface area contributed by atoms with E-state index >= 15 is 0 Å². The predicted molar refractivity (Wildman–Crippen MR) is 89.7 cm³/mol. The molecule has 4 nitrogen and oxygen atoms in total. The molecule has 0 radical (unpaired) electrons. The minimum atomic E-state index is -0.878. The second-order valence-corrected chi connectivity index (χ2v) is 7.21. The molecule has 1 unspecified atom stereocenters. The molecule has 1 atom stereocenters. The van der Waals surface area contributed by atoms with Crippen LogP contribution in [0.3, 0.4) is 0 Å². The van der Waals surface area contributed by atoms with Crippen molar-refractivity contribution in [3.05, 3.63) is 29.3 Å². The van der Waals surface area contributed by atoms with E-state index in [0.717, 1.165) is 25.8 Å². The predicted octanol–water partition coefficient (Wildman–Crippen LogP) is 3.26. The van der Waals surface area contributed by atoms with Gasteiger partial charge in [-0.1, -0.05) is 24.1 Å². The Hall–Kier alpha value is -1.26. The van der Waals surface area contributed by atoms with Gasteiger partial charge in [-0.3, -0.25) is 4.79 Å². The van der Waals surface area contributed by atoms with E-state index in [4.69, 9.17) is 16.3 Å². The molecule has 1 aliphatic heterocycles. The number of carbonyl (C=O) groups excluding carboxylic acids is 1. The van der Waals surface area contributed by atoms with Crippen molar-refractivity contribution in [2.45, 2.75) is 44.1 Å². The van der Waals surface area contributed by atoms with Crippen molar-refractivity contribution in [1.82, 2.24) is 4.90 Å². The first-order valence-corrected chi connectivity index (χ1v) is 8.83. The lowest BCUT2D eigenvalue weighted by atomic mass is 9.84. The monoisotopic (exact) mass is 337 g/mol. The van der Waals surface area contributed by atoms with Crippen molar-refractivity contribution in [3.63, 3.8) is 0 Å². The van der Waals surface area contributed by atoms with Gasteiger partial charge in [0.2, 0.25) is 5.91 Å². The summed E-state index contributed by atoms with van der Waals surface area (Å²) in [4.78, 5) is 14.3. The molecule has 0 aromatic heterocycles. The number of nitrogens with zero attached hydrogens (tertiary/aromatic N) is 1. The first-order chi connectivity index (χ1) is 11.1. The first-order valence-electron chi connectivity index (χ1n) is 8.45. The van der Waals surface area contributed by atoms with Crippen molar-refractivity contribution < 1.29 is 14.6 Å². The molecule has 2 fully saturated rings. The van der Waals surface area contributed by atoms with Crippen LogP contribution in [0.5, 0.6) is 5.75 Å². The van der Waals surface area contributed by atoms with E-state index in [2.05, 4.69) is 0 Å². The van der Waals surface area contributed by atoms with Gasteiger partial charge in [0.05, 0.1) is 0 Å². The molecule has 1 saturated heterocycles. The third kappa shape index (κ3) is 4.18. The molecule has 1 aromatic carbocycles. The Morgan fingerprint density at radius 1 is 1.30 bits per heavy atom. The third-order valence-electron chi connectivity index (χ3n) is 4.99. The van der Waals surface area contributed by atoms with Crippen LogP contribution in [0, 0.1) is 5.92 Å². The average molecular weight is 338 g/mol. The Morgan fingerprint density at radius 3 is 2.83 bits per heavy atom. The SMILES string of the molecule is O=C(C1CCC1)N1CCCC(O)(COc2cccc(Cl)c2)CC1. The van der Waals surface area contributed by atoms with Crippen molar-refractivity contribution in [1.29, 1.82) is 0 Å². The lowest BCUT2D eigenvalue weighted by Crippen LogP contribution is -2.41. The lowest BCUT2D eigenvalue weighted by Gasteiger charge is -2.31. The number of halogens is 1. The van der Waals surface area contributed by atoms with Crippen LogP contribution >= 0.6 is 11.6 Å². The molecule has 0 bridgehead atoms. The smallest absolute Gasteiger partial charge is 0.225 e. The van der Waals surface area contributed by atoms with E-state index in [1.54, 1.807) is 12.1 Å². The number of carbonyl (C=O) groups is 1. The maximum Gasteiger partial charge on any atom is 0.225 e. The number of aliphatic hydroxyl groups is 1. The number of hydrogen-bond donors (Lipinski definition) is 1. The van der Waals surface area contributed by atoms with Gasteiger partial charge in [0.25, 0.3) is 0 Å². The molecule has 2 aliphatic rings. The molecule has 1 N–H and O–H groups in total. The van der Waals surface area contributed by atoms with Gasteiger partial charge in [-0.15, -0.1) is 0 Å². The normalized spacial score (nSPS) is 25.6. The van der Waals surface area contributed by atoms with E-state index in [0.29, 0.717) is 30.2 Å². The number of likely N-dealkylation sites (tertiary alicyclic amines) is 1. The van der Waals surface area contributed by atoms with Gasteiger partial charge in [0.1, 0.15) is 18.0 Å². The van der Waals surface area contributed by atoms with Crippen LogP contribution < -0.4 is 4.74 Å². The number of amides is 1. The highest BCUT2D eigenvalue weighted by Gasteiger charge is 2.35. The summed E-state index contributed by atoms with van der Waals surface area (Å²) >= 11 is 5.94. The summed E-state index contributed by atoms with van der Waals surface area (Å²) in [6.07, 6.45) is 5.25. The second kappa shape index (κ2) is 7.10. The van der Waals surface area contributed by atoms with Gasteiger partial charge in [-0.05, 0) is 50.3 Å². The Bertz CT molecular complexity index is 561. The topological polar surface area (TPSA) is 49.8 Å². The minimum Gasteiger partial charge on any atom is -0.491 e. The van der Waals surface area contributed by atoms with Crippen LogP contribution in [-0.4, -0.2) is 41.2 Å². The number of hydrogen-bond acceptors (Lipinski definition) is 3. The zero-order valence-electron chi connectivity index (χ0n) is 13.3. The molecule has 3 rings (SSSR count). The summed E-state index contributed by atoms with van der Waals surface area (Å²) < 4.78 is 5.72. The molecule has 1 aliphatic carbocycles. The van der Waals surface area contributed by atoms with Crippen LogP contribution in [-0.2, 0) is 4.79 Å². The van der Waals surface area contributed by atoms with Gasteiger partial charge in [0, 0.05) is 24.0 Å². The Labute approximate surface area is 142 Å². The summed E-state index contributed by atoms with van der Waals surface area (Å²) in [7, 11) is 0. The number of benzene rings is 1. The van der Waals surface area contributed by atoms with Gasteiger partial charge < -0.3 is 14.7 Å². The summed E-state index contributed by atoms with van der Waals surface area (Å²) in [5.74, 6) is 1.16. The zero-order chi connectivity index (χ0) is 16.3. The fourth-order valence-electron chi connectivity index (χ4n) is 3.23. The Morgan fingerprint density at radius 2 is 2.13 bits per heavy atom. The molecule has 126 valence electrons. The Kier molecular flexibility index (Phi) is 5.12. The fraction of sp³-hybridized carbons (Fsp3) is 0.611. The summed E-state index contributed by atoms with van der Waals surface area (Å²) in [5.41, 5.74) is -0.878. The van der Waals surface area contributed by atoms with Crippen LogP contribution in [0.2, 0.25) is 5.02 Å². The summed E-state index contributed by atoms with van der Waals surface area (Å²) in [6, 6.07) is 7.19. The average Bonchev–Trinajstić information content (AvgIpc) is 2.66. The number of ether oxygens (including phenoxy) is 1. The van der Waals surface area contributed by atoms with Gasteiger partial charge >= 0.3 is 0 Å². The molecule has 1 amide bonds. The van der Waals surface area contributed by atoms with E-state index < -0.39 is 5.60 Å². The molecule has 0 spiro atoms. The molecular formula is C18H24ClNO3. The van der Waals surface area contributed by atoms with Crippen molar-refractivity contribution in [2.24, 2.45) is 5.92 Å². The Balaban J connectivity index is 1.54. The molecule has 1 saturated carbocycles. The fourth-order valence-corrected chi connectivity index (χ4v) is 3.41. The second-order valence-electron chi connectivity index (χ2n) is 6.78. The molecule has 1 heterocycles. The first kappa shape index (κ1) is 16.6. The largest absolute Gasteiger partial charge is 0.491 e. The maximum atomic E-state index is 12.4. The van der Waals surface area contributed by atoms with Gasteiger partial charge in [-0.2, -0.15) is 0 Å².